The summed E-state index contributed by atoms with van der Waals surface area (Å²) in [6.45, 7) is 2.76. The molecule has 25 heavy (non-hydrogen) atoms. The number of rotatable bonds is 8. The van der Waals surface area contributed by atoms with Crippen LogP contribution < -0.4 is 15.8 Å². The van der Waals surface area contributed by atoms with Crippen molar-refractivity contribution in [1.82, 2.24) is 0 Å². The molecule has 0 aliphatic heterocycles. The molecule has 0 saturated heterocycles. The molecule has 3 N–H and O–H groups in total. The zero-order valence-electron chi connectivity index (χ0n) is 14.2. The first-order valence-electron chi connectivity index (χ1n) is 8.21. The van der Waals surface area contributed by atoms with Crippen LogP contribution in [0.5, 0.6) is 5.75 Å². The molecule has 2 aromatic rings. The molecule has 5 nitrogen and oxygen atoms in total. The van der Waals surface area contributed by atoms with Gasteiger partial charge in [0.2, 0.25) is 11.8 Å². The molecule has 0 spiro atoms. The number of unbranched alkanes of at least 4 members (excludes halogenated alkanes) is 1. The quantitative estimate of drug-likeness (QED) is 0.570. The third kappa shape index (κ3) is 5.80. The lowest BCUT2D eigenvalue weighted by atomic mass is 10.2. The van der Waals surface area contributed by atoms with Crippen molar-refractivity contribution in [3.05, 3.63) is 65.7 Å². The number of hydrogen-bond donors (Lipinski definition) is 2. The Morgan fingerprint density at radius 2 is 1.84 bits per heavy atom. The number of amides is 2. The van der Waals surface area contributed by atoms with Crippen molar-refractivity contribution >= 4 is 23.6 Å². The number of carbonyl (C=O) groups is 2. The average molecular weight is 338 g/mol. The maximum absolute atomic E-state index is 12.0. The second kappa shape index (κ2) is 9.27. The van der Waals surface area contributed by atoms with Crippen LogP contribution in [0.3, 0.4) is 0 Å². The van der Waals surface area contributed by atoms with Gasteiger partial charge >= 0.3 is 0 Å². The van der Waals surface area contributed by atoms with E-state index in [-0.39, 0.29) is 5.91 Å². The fourth-order valence-electron chi connectivity index (χ4n) is 2.14. The minimum absolute atomic E-state index is 0.268. The molecular weight excluding hydrogens is 316 g/mol. The predicted octanol–water partition coefficient (Wildman–Crippen LogP) is 3.62. The molecule has 0 aliphatic carbocycles. The molecule has 0 bridgehead atoms. The zero-order valence-corrected chi connectivity index (χ0v) is 14.2. The minimum Gasteiger partial charge on any atom is -0.493 e. The number of anilines is 1. The first-order chi connectivity index (χ1) is 12.1. The molecule has 0 fully saturated rings. The summed E-state index contributed by atoms with van der Waals surface area (Å²) in [5.74, 6) is -0.0153. The molecule has 5 heteroatoms. The molecule has 0 aromatic heterocycles. The predicted molar refractivity (Wildman–Crippen MR) is 99.5 cm³/mol. The van der Waals surface area contributed by atoms with Gasteiger partial charge in [-0.2, -0.15) is 0 Å². The molecule has 0 saturated carbocycles. The van der Waals surface area contributed by atoms with E-state index in [1.807, 2.05) is 24.3 Å². The molecule has 2 aromatic carbocycles. The van der Waals surface area contributed by atoms with Crippen molar-refractivity contribution in [3.8, 4) is 5.75 Å². The SMILES string of the molecule is CCCCOc1ccccc1C=CC(=O)Nc1ccc(C(N)=O)cc1. The Balaban J connectivity index is 1.99. The number of primary amides is 1. The van der Waals surface area contributed by atoms with Crippen molar-refractivity contribution in [3.63, 3.8) is 0 Å². The molecule has 0 atom stereocenters. The van der Waals surface area contributed by atoms with Crippen LogP contribution >= 0.6 is 0 Å². The van der Waals surface area contributed by atoms with E-state index < -0.39 is 5.91 Å². The third-order valence-electron chi connectivity index (χ3n) is 3.53. The van der Waals surface area contributed by atoms with Gasteiger partial charge in [-0.3, -0.25) is 9.59 Å². The van der Waals surface area contributed by atoms with Gasteiger partial charge in [0, 0.05) is 22.9 Å². The van der Waals surface area contributed by atoms with Crippen LogP contribution in [0, 0.1) is 0 Å². The van der Waals surface area contributed by atoms with Gasteiger partial charge in [0.05, 0.1) is 6.61 Å². The molecular formula is C20H22N2O3. The lowest BCUT2D eigenvalue weighted by Gasteiger charge is -2.08. The van der Waals surface area contributed by atoms with E-state index in [0.29, 0.717) is 17.9 Å². The normalized spacial score (nSPS) is 10.6. The van der Waals surface area contributed by atoms with Crippen molar-refractivity contribution in [1.29, 1.82) is 0 Å². The van der Waals surface area contributed by atoms with Gasteiger partial charge in [-0.15, -0.1) is 0 Å². The fraction of sp³-hybridized carbons (Fsp3) is 0.200. The Hall–Kier alpha value is -3.08. The van der Waals surface area contributed by atoms with Gasteiger partial charge in [0.15, 0.2) is 0 Å². The molecule has 0 aliphatic rings. The summed E-state index contributed by atoms with van der Waals surface area (Å²) in [4.78, 5) is 23.1. The molecule has 0 radical (unpaired) electrons. The fourth-order valence-corrected chi connectivity index (χ4v) is 2.14. The van der Waals surface area contributed by atoms with Crippen LogP contribution in [0.1, 0.15) is 35.7 Å². The van der Waals surface area contributed by atoms with Gasteiger partial charge in [-0.05, 0) is 42.8 Å². The highest BCUT2D eigenvalue weighted by molar-refractivity contribution is 6.02. The first-order valence-corrected chi connectivity index (χ1v) is 8.21. The van der Waals surface area contributed by atoms with Crippen molar-refractivity contribution in [2.75, 3.05) is 11.9 Å². The van der Waals surface area contributed by atoms with Gasteiger partial charge < -0.3 is 15.8 Å². The zero-order chi connectivity index (χ0) is 18.1. The van der Waals surface area contributed by atoms with E-state index in [1.54, 1.807) is 30.3 Å². The molecule has 0 unspecified atom stereocenters. The summed E-state index contributed by atoms with van der Waals surface area (Å²) in [6, 6.07) is 14.0. The van der Waals surface area contributed by atoms with Crippen LogP contribution in [0.2, 0.25) is 0 Å². The highest BCUT2D eigenvalue weighted by Gasteiger charge is 2.03. The maximum Gasteiger partial charge on any atom is 0.248 e. The number of benzene rings is 2. The average Bonchev–Trinajstić information content (AvgIpc) is 2.61. The van der Waals surface area contributed by atoms with Gasteiger partial charge in [0.25, 0.3) is 0 Å². The van der Waals surface area contributed by atoms with E-state index in [4.69, 9.17) is 10.5 Å². The largest absolute Gasteiger partial charge is 0.493 e. The summed E-state index contributed by atoms with van der Waals surface area (Å²) < 4.78 is 5.74. The number of carbonyl (C=O) groups excluding carboxylic acids is 2. The topological polar surface area (TPSA) is 81.4 Å². The van der Waals surface area contributed by atoms with Crippen LogP contribution in [0.25, 0.3) is 6.08 Å². The summed E-state index contributed by atoms with van der Waals surface area (Å²) >= 11 is 0. The Morgan fingerprint density at radius 1 is 1.12 bits per heavy atom. The molecule has 0 heterocycles. The lowest BCUT2D eigenvalue weighted by Crippen LogP contribution is -2.11. The number of hydrogen-bond acceptors (Lipinski definition) is 3. The summed E-state index contributed by atoms with van der Waals surface area (Å²) in [7, 11) is 0. The Bertz CT molecular complexity index is 752. The second-order valence-electron chi connectivity index (χ2n) is 5.50. The van der Waals surface area contributed by atoms with Crippen LogP contribution in [0.4, 0.5) is 5.69 Å². The van der Waals surface area contributed by atoms with E-state index in [9.17, 15) is 9.59 Å². The van der Waals surface area contributed by atoms with Crippen molar-refractivity contribution in [2.24, 2.45) is 5.73 Å². The minimum atomic E-state index is -0.502. The van der Waals surface area contributed by atoms with Crippen LogP contribution in [-0.4, -0.2) is 18.4 Å². The molecule has 2 rings (SSSR count). The summed E-state index contributed by atoms with van der Waals surface area (Å²) in [5.41, 5.74) is 7.02. The van der Waals surface area contributed by atoms with E-state index in [2.05, 4.69) is 12.2 Å². The van der Waals surface area contributed by atoms with Crippen molar-refractivity contribution in [2.45, 2.75) is 19.8 Å². The highest BCUT2D eigenvalue weighted by Crippen LogP contribution is 2.20. The summed E-state index contributed by atoms with van der Waals surface area (Å²) in [5, 5.41) is 2.73. The Kier molecular flexibility index (Phi) is 6.77. The second-order valence-corrected chi connectivity index (χ2v) is 5.50. The van der Waals surface area contributed by atoms with Gasteiger partial charge in [-0.1, -0.05) is 31.5 Å². The number of nitrogens with two attached hydrogens (primary N) is 1. The standard InChI is InChI=1S/C20H22N2O3/c1-2-3-14-25-18-7-5-4-6-15(18)10-13-19(23)22-17-11-8-16(9-12-17)20(21)24/h4-13H,2-3,14H2,1H3,(H2,21,24)(H,22,23). The van der Waals surface area contributed by atoms with Gasteiger partial charge in [0.1, 0.15) is 5.75 Å². The highest BCUT2D eigenvalue weighted by atomic mass is 16.5. The third-order valence-corrected chi connectivity index (χ3v) is 3.53. The molecule has 130 valence electrons. The maximum atomic E-state index is 12.0. The Morgan fingerprint density at radius 3 is 2.52 bits per heavy atom. The van der Waals surface area contributed by atoms with Crippen LogP contribution in [0.15, 0.2) is 54.6 Å². The monoisotopic (exact) mass is 338 g/mol. The van der Waals surface area contributed by atoms with E-state index in [0.717, 1.165) is 24.2 Å². The summed E-state index contributed by atoms with van der Waals surface area (Å²) in [6.07, 6.45) is 5.22. The van der Waals surface area contributed by atoms with Gasteiger partial charge in [-0.25, -0.2) is 0 Å². The number of para-hydroxylation sites is 1. The first kappa shape index (κ1) is 18.3. The smallest absolute Gasteiger partial charge is 0.248 e. The molecule has 2 amide bonds. The number of ether oxygens (including phenoxy) is 1. The van der Waals surface area contributed by atoms with Crippen LogP contribution in [-0.2, 0) is 4.79 Å². The Labute approximate surface area is 147 Å². The number of nitrogens with one attached hydrogen (secondary N) is 1. The lowest BCUT2D eigenvalue weighted by molar-refractivity contribution is -0.111. The van der Waals surface area contributed by atoms with E-state index >= 15 is 0 Å². The van der Waals surface area contributed by atoms with Crippen molar-refractivity contribution < 1.29 is 14.3 Å². The van der Waals surface area contributed by atoms with E-state index in [1.165, 1.54) is 6.08 Å².